The SMILES string of the molecule is CCNC(c1cc(Br)c(C)cc1Br)C1CCCCO1. The Hall–Kier alpha value is 0.1000. The Kier molecular flexibility index (Phi) is 5.87. The molecule has 19 heavy (non-hydrogen) atoms. The Labute approximate surface area is 132 Å². The van der Waals surface area contributed by atoms with Crippen LogP contribution in [0.3, 0.4) is 0 Å². The molecule has 1 saturated heterocycles. The number of halogens is 2. The molecule has 1 aromatic rings. The normalized spacial score (nSPS) is 21.4. The molecule has 1 aromatic carbocycles. The van der Waals surface area contributed by atoms with Gasteiger partial charge in [0, 0.05) is 15.6 Å². The molecule has 2 nitrogen and oxygen atoms in total. The maximum atomic E-state index is 5.97. The standard InChI is InChI=1S/C15H21Br2NO/c1-3-18-15(14-6-4-5-7-19-14)11-9-12(16)10(2)8-13(11)17/h8-9,14-15,18H,3-7H2,1-2H3. The molecule has 1 aliphatic rings. The van der Waals surface area contributed by atoms with Gasteiger partial charge in [0.2, 0.25) is 0 Å². The zero-order chi connectivity index (χ0) is 13.8. The second-order valence-electron chi connectivity index (χ2n) is 5.06. The van der Waals surface area contributed by atoms with E-state index in [-0.39, 0.29) is 12.1 Å². The highest BCUT2D eigenvalue weighted by atomic mass is 79.9. The fraction of sp³-hybridized carbons (Fsp3) is 0.600. The number of aryl methyl sites for hydroxylation is 1. The summed E-state index contributed by atoms with van der Waals surface area (Å²) in [6.45, 7) is 6.09. The molecule has 1 heterocycles. The molecule has 0 aromatic heterocycles. The first-order chi connectivity index (χ1) is 9.13. The van der Waals surface area contributed by atoms with Crippen LogP contribution in [0.5, 0.6) is 0 Å². The van der Waals surface area contributed by atoms with Gasteiger partial charge in [-0.1, -0.05) is 38.8 Å². The van der Waals surface area contributed by atoms with Crippen molar-refractivity contribution < 1.29 is 4.74 Å². The van der Waals surface area contributed by atoms with Crippen LogP contribution >= 0.6 is 31.9 Å². The van der Waals surface area contributed by atoms with E-state index in [9.17, 15) is 0 Å². The van der Waals surface area contributed by atoms with Crippen molar-refractivity contribution in [2.24, 2.45) is 0 Å². The van der Waals surface area contributed by atoms with Gasteiger partial charge in [-0.25, -0.2) is 0 Å². The molecule has 2 atom stereocenters. The van der Waals surface area contributed by atoms with Gasteiger partial charge in [0.05, 0.1) is 12.1 Å². The van der Waals surface area contributed by atoms with Crippen LogP contribution in [0.15, 0.2) is 21.1 Å². The fourth-order valence-corrected chi connectivity index (χ4v) is 3.66. The molecular formula is C15H21Br2NO. The van der Waals surface area contributed by atoms with Crippen LogP contribution in [0.25, 0.3) is 0 Å². The molecule has 2 rings (SSSR count). The summed E-state index contributed by atoms with van der Waals surface area (Å²) in [7, 11) is 0. The van der Waals surface area contributed by atoms with Crippen LogP contribution in [0.4, 0.5) is 0 Å². The van der Waals surface area contributed by atoms with Gasteiger partial charge in [-0.2, -0.15) is 0 Å². The maximum absolute atomic E-state index is 5.97. The van der Waals surface area contributed by atoms with Crippen LogP contribution in [0.1, 0.15) is 43.4 Å². The zero-order valence-corrected chi connectivity index (χ0v) is 14.7. The molecule has 0 aliphatic carbocycles. The van der Waals surface area contributed by atoms with Gasteiger partial charge >= 0.3 is 0 Å². The summed E-state index contributed by atoms with van der Waals surface area (Å²) < 4.78 is 8.29. The monoisotopic (exact) mass is 389 g/mol. The summed E-state index contributed by atoms with van der Waals surface area (Å²) in [5, 5.41) is 3.58. The van der Waals surface area contributed by atoms with Crippen molar-refractivity contribution in [1.29, 1.82) is 0 Å². The maximum Gasteiger partial charge on any atom is 0.0770 e. The molecule has 0 saturated carbocycles. The second-order valence-corrected chi connectivity index (χ2v) is 6.77. The van der Waals surface area contributed by atoms with Crippen molar-refractivity contribution in [1.82, 2.24) is 5.32 Å². The smallest absolute Gasteiger partial charge is 0.0770 e. The van der Waals surface area contributed by atoms with E-state index < -0.39 is 0 Å². The van der Waals surface area contributed by atoms with E-state index in [0.29, 0.717) is 0 Å². The zero-order valence-electron chi connectivity index (χ0n) is 11.5. The Balaban J connectivity index is 2.29. The lowest BCUT2D eigenvalue weighted by atomic mass is 9.95. The highest BCUT2D eigenvalue weighted by Crippen LogP contribution is 2.34. The van der Waals surface area contributed by atoms with E-state index in [2.05, 4.69) is 63.2 Å². The predicted molar refractivity (Wildman–Crippen MR) is 86.6 cm³/mol. The van der Waals surface area contributed by atoms with Crippen LogP contribution in [0, 0.1) is 6.92 Å². The number of ether oxygens (including phenoxy) is 1. The van der Waals surface area contributed by atoms with E-state index in [1.807, 2.05) is 0 Å². The summed E-state index contributed by atoms with van der Waals surface area (Å²) in [5.41, 5.74) is 2.53. The summed E-state index contributed by atoms with van der Waals surface area (Å²) in [5.74, 6) is 0. The summed E-state index contributed by atoms with van der Waals surface area (Å²) in [6.07, 6.45) is 3.86. The summed E-state index contributed by atoms with van der Waals surface area (Å²) in [6, 6.07) is 4.65. The van der Waals surface area contributed by atoms with Gasteiger partial charge < -0.3 is 10.1 Å². The molecule has 1 aliphatic heterocycles. The predicted octanol–water partition coefficient (Wildman–Crippen LogP) is 4.74. The largest absolute Gasteiger partial charge is 0.376 e. The summed E-state index contributed by atoms with van der Waals surface area (Å²) >= 11 is 7.34. The van der Waals surface area contributed by atoms with Crippen molar-refractivity contribution in [3.63, 3.8) is 0 Å². The van der Waals surface area contributed by atoms with Gasteiger partial charge in [0.25, 0.3) is 0 Å². The number of rotatable bonds is 4. The third-order valence-electron chi connectivity index (χ3n) is 3.62. The van der Waals surface area contributed by atoms with E-state index in [1.165, 1.54) is 24.0 Å². The lowest BCUT2D eigenvalue weighted by Gasteiger charge is -2.32. The van der Waals surface area contributed by atoms with Gasteiger partial charge in [-0.3, -0.25) is 0 Å². The van der Waals surface area contributed by atoms with Crippen LogP contribution in [-0.4, -0.2) is 19.3 Å². The van der Waals surface area contributed by atoms with Crippen LogP contribution in [0.2, 0.25) is 0 Å². The van der Waals surface area contributed by atoms with Gasteiger partial charge in [0.1, 0.15) is 0 Å². The van der Waals surface area contributed by atoms with E-state index in [0.717, 1.165) is 28.5 Å². The van der Waals surface area contributed by atoms with Crippen molar-refractivity contribution in [3.8, 4) is 0 Å². The Morgan fingerprint density at radius 3 is 2.74 bits per heavy atom. The highest BCUT2D eigenvalue weighted by molar-refractivity contribution is 9.11. The van der Waals surface area contributed by atoms with Gasteiger partial charge in [-0.15, -0.1) is 0 Å². The molecule has 2 unspecified atom stereocenters. The van der Waals surface area contributed by atoms with Crippen LogP contribution < -0.4 is 5.32 Å². The van der Waals surface area contributed by atoms with Crippen LogP contribution in [-0.2, 0) is 4.74 Å². The number of hydrogen-bond donors (Lipinski definition) is 1. The minimum atomic E-state index is 0.261. The van der Waals surface area contributed by atoms with Gasteiger partial charge in [0.15, 0.2) is 0 Å². The minimum Gasteiger partial charge on any atom is -0.376 e. The Bertz CT molecular complexity index is 430. The average Bonchev–Trinajstić information content (AvgIpc) is 2.42. The first kappa shape index (κ1) is 15.5. The Morgan fingerprint density at radius 1 is 1.32 bits per heavy atom. The third-order valence-corrected chi connectivity index (χ3v) is 5.16. The number of hydrogen-bond acceptors (Lipinski definition) is 2. The molecular weight excluding hydrogens is 370 g/mol. The molecule has 1 fully saturated rings. The number of benzene rings is 1. The average molecular weight is 391 g/mol. The first-order valence-electron chi connectivity index (χ1n) is 6.94. The van der Waals surface area contributed by atoms with Crippen molar-refractivity contribution >= 4 is 31.9 Å². The second kappa shape index (κ2) is 7.21. The molecule has 0 bridgehead atoms. The van der Waals surface area contributed by atoms with Crippen molar-refractivity contribution in [2.75, 3.05) is 13.2 Å². The molecule has 0 radical (unpaired) electrons. The highest BCUT2D eigenvalue weighted by Gasteiger charge is 2.27. The van der Waals surface area contributed by atoms with Crippen molar-refractivity contribution in [3.05, 3.63) is 32.2 Å². The third kappa shape index (κ3) is 3.81. The lowest BCUT2D eigenvalue weighted by Crippen LogP contribution is -2.36. The van der Waals surface area contributed by atoms with E-state index >= 15 is 0 Å². The number of likely N-dealkylation sites (N-methyl/N-ethyl adjacent to an activating group) is 1. The first-order valence-corrected chi connectivity index (χ1v) is 8.52. The van der Waals surface area contributed by atoms with Gasteiger partial charge in [-0.05, 0) is 56.0 Å². The van der Waals surface area contributed by atoms with Crippen molar-refractivity contribution in [2.45, 2.75) is 45.3 Å². The molecule has 4 heteroatoms. The quantitative estimate of drug-likeness (QED) is 0.801. The minimum absolute atomic E-state index is 0.261. The Morgan fingerprint density at radius 2 is 2.11 bits per heavy atom. The molecule has 0 amide bonds. The molecule has 1 N–H and O–H groups in total. The number of nitrogens with one attached hydrogen (secondary N) is 1. The lowest BCUT2D eigenvalue weighted by molar-refractivity contribution is -0.00802. The van der Waals surface area contributed by atoms with E-state index in [4.69, 9.17) is 4.74 Å². The van der Waals surface area contributed by atoms with E-state index in [1.54, 1.807) is 0 Å². The topological polar surface area (TPSA) is 21.3 Å². The fourth-order valence-electron chi connectivity index (χ4n) is 2.59. The molecule has 0 spiro atoms. The summed E-state index contributed by atoms with van der Waals surface area (Å²) in [4.78, 5) is 0. The molecule has 106 valence electrons.